The lowest BCUT2D eigenvalue weighted by Gasteiger charge is -2.30. The minimum atomic E-state index is -0.823. The standard InChI is InChI=1S/C15H22ClNO2/c1-11(2)7-8-12(3)17(10-15(18)19)14-6-4-5-13(16)9-14/h4-6,9,11-12H,7-8,10H2,1-3H3,(H,18,19). The van der Waals surface area contributed by atoms with E-state index < -0.39 is 5.97 Å². The number of carbonyl (C=O) groups is 1. The summed E-state index contributed by atoms with van der Waals surface area (Å²) in [5, 5.41) is 9.69. The van der Waals surface area contributed by atoms with Crippen LogP contribution in [0.25, 0.3) is 0 Å². The van der Waals surface area contributed by atoms with Gasteiger partial charge in [-0.05, 0) is 43.9 Å². The highest BCUT2D eigenvalue weighted by Gasteiger charge is 2.18. The van der Waals surface area contributed by atoms with Gasteiger partial charge in [0.1, 0.15) is 6.54 Å². The minimum absolute atomic E-state index is 0.000393. The summed E-state index contributed by atoms with van der Waals surface area (Å²) in [6.07, 6.45) is 2.05. The van der Waals surface area contributed by atoms with E-state index in [4.69, 9.17) is 16.7 Å². The summed E-state index contributed by atoms with van der Waals surface area (Å²) in [5.74, 6) is -0.204. The maximum absolute atomic E-state index is 11.0. The fourth-order valence-corrected chi connectivity index (χ4v) is 2.22. The molecule has 4 heteroatoms. The van der Waals surface area contributed by atoms with Crippen molar-refractivity contribution in [2.75, 3.05) is 11.4 Å². The van der Waals surface area contributed by atoms with Gasteiger partial charge in [0.2, 0.25) is 0 Å². The molecule has 106 valence electrons. The van der Waals surface area contributed by atoms with E-state index in [1.54, 1.807) is 6.07 Å². The van der Waals surface area contributed by atoms with Crippen LogP contribution in [0.1, 0.15) is 33.6 Å². The van der Waals surface area contributed by atoms with Crippen molar-refractivity contribution in [2.24, 2.45) is 5.92 Å². The second-order valence-corrected chi connectivity index (χ2v) is 5.76. The molecular formula is C15H22ClNO2. The van der Waals surface area contributed by atoms with Crippen molar-refractivity contribution in [1.29, 1.82) is 0 Å². The van der Waals surface area contributed by atoms with Crippen LogP contribution in [0.2, 0.25) is 5.02 Å². The second kappa shape index (κ2) is 7.39. The largest absolute Gasteiger partial charge is 0.480 e. The van der Waals surface area contributed by atoms with Gasteiger partial charge in [0, 0.05) is 16.8 Å². The summed E-state index contributed by atoms with van der Waals surface area (Å²) in [4.78, 5) is 12.9. The third-order valence-electron chi connectivity index (χ3n) is 3.14. The molecule has 0 aromatic heterocycles. The number of rotatable bonds is 7. The van der Waals surface area contributed by atoms with Gasteiger partial charge < -0.3 is 10.0 Å². The Bertz CT molecular complexity index is 420. The van der Waals surface area contributed by atoms with Crippen LogP contribution in [0, 0.1) is 5.92 Å². The lowest BCUT2D eigenvalue weighted by Crippen LogP contribution is -2.37. The first-order valence-corrected chi connectivity index (χ1v) is 7.02. The number of nitrogens with zero attached hydrogens (tertiary/aromatic N) is 1. The van der Waals surface area contributed by atoms with E-state index in [2.05, 4.69) is 20.8 Å². The number of hydrogen-bond acceptors (Lipinski definition) is 2. The third kappa shape index (κ3) is 5.52. The van der Waals surface area contributed by atoms with Crippen molar-refractivity contribution in [3.8, 4) is 0 Å². The molecule has 1 aromatic carbocycles. The average molecular weight is 284 g/mol. The summed E-state index contributed by atoms with van der Waals surface area (Å²) in [6, 6.07) is 7.54. The molecule has 0 saturated heterocycles. The fourth-order valence-electron chi connectivity index (χ4n) is 2.03. The van der Waals surface area contributed by atoms with Gasteiger partial charge in [0.15, 0.2) is 0 Å². The Kier molecular flexibility index (Phi) is 6.16. The number of anilines is 1. The van der Waals surface area contributed by atoms with E-state index in [1.165, 1.54) is 0 Å². The molecule has 0 radical (unpaired) electrons. The van der Waals surface area contributed by atoms with Crippen molar-refractivity contribution < 1.29 is 9.90 Å². The molecule has 0 fully saturated rings. The topological polar surface area (TPSA) is 40.5 Å². The van der Waals surface area contributed by atoms with Gasteiger partial charge in [-0.3, -0.25) is 4.79 Å². The molecule has 19 heavy (non-hydrogen) atoms. The highest BCUT2D eigenvalue weighted by Crippen LogP contribution is 2.23. The first-order chi connectivity index (χ1) is 8.90. The molecule has 0 amide bonds. The Morgan fingerprint density at radius 1 is 1.32 bits per heavy atom. The molecular weight excluding hydrogens is 262 g/mol. The van der Waals surface area contributed by atoms with Crippen LogP contribution in [-0.2, 0) is 4.79 Å². The molecule has 1 rings (SSSR count). The summed E-state index contributed by atoms with van der Waals surface area (Å²) in [6.45, 7) is 6.41. The zero-order valence-electron chi connectivity index (χ0n) is 11.8. The van der Waals surface area contributed by atoms with E-state index in [1.807, 2.05) is 23.1 Å². The van der Waals surface area contributed by atoms with Crippen molar-refractivity contribution in [3.05, 3.63) is 29.3 Å². The van der Waals surface area contributed by atoms with Crippen LogP contribution in [0.15, 0.2) is 24.3 Å². The highest BCUT2D eigenvalue weighted by molar-refractivity contribution is 6.30. The van der Waals surface area contributed by atoms with E-state index in [0.717, 1.165) is 18.5 Å². The molecule has 1 N–H and O–H groups in total. The van der Waals surface area contributed by atoms with Crippen molar-refractivity contribution in [1.82, 2.24) is 0 Å². The Morgan fingerprint density at radius 3 is 2.53 bits per heavy atom. The van der Waals surface area contributed by atoms with Gasteiger partial charge in [0.05, 0.1) is 0 Å². The maximum Gasteiger partial charge on any atom is 0.323 e. The molecule has 0 spiro atoms. The van der Waals surface area contributed by atoms with Gasteiger partial charge in [-0.25, -0.2) is 0 Å². The number of halogens is 1. The fraction of sp³-hybridized carbons (Fsp3) is 0.533. The Labute approximate surface area is 120 Å². The molecule has 1 atom stereocenters. The molecule has 0 bridgehead atoms. The van der Waals surface area contributed by atoms with Crippen molar-refractivity contribution in [3.63, 3.8) is 0 Å². The molecule has 1 aromatic rings. The predicted molar refractivity (Wildman–Crippen MR) is 80.0 cm³/mol. The molecule has 0 saturated carbocycles. The first-order valence-electron chi connectivity index (χ1n) is 6.64. The average Bonchev–Trinajstić information content (AvgIpc) is 2.32. The zero-order chi connectivity index (χ0) is 14.4. The summed E-state index contributed by atoms with van der Waals surface area (Å²) in [7, 11) is 0. The van der Waals surface area contributed by atoms with Crippen LogP contribution in [0.5, 0.6) is 0 Å². The molecule has 0 aliphatic rings. The van der Waals surface area contributed by atoms with Crippen molar-refractivity contribution in [2.45, 2.75) is 39.7 Å². The normalized spacial score (nSPS) is 12.5. The maximum atomic E-state index is 11.0. The Hall–Kier alpha value is -1.22. The highest BCUT2D eigenvalue weighted by atomic mass is 35.5. The zero-order valence-corrected chi connectivity index (χ0v) is 12.5. The molecule has 3 nitrogen and oxygen atoms in total. The van der Waals surface area contributed by atoms with Gasteiger partial charge in [-0.15, -0.1) is 0 Å². The smallest absolute Gasteiger partial charge is 0.323 e. The van der Waals surface area contributed by atoms with Gasteiger partial charge in [-0.1, -0.05) is 31.5 Å². The lowest BCUT2D eigenvalue weighted by molar-refractivity contribution is -0.135. The monoisotopic (exact) mass is 283 g/mol. The van der Waals surface area contributed by atoms with Crippen molar-refractivity contribution >= 4 is 23.3 Å². The predicted octanol–water partition coefficient (Wildman–Crippen LogP) is 4.06. The molecule has 0 aliphatic heterocycles. The summed E-state index contributed by atoms with van der Waals surface area (Å²) >= 11 is 5.98. The number of carboxylic acid groups (broad SMARTS) is 1. The Balaban J connectivity index is 2.84. The summed E-state index contributed by atoms with van der Waals surface area (Å²) in [5.41, 5.74) is 0.867. The van der Waals surface area contributed by atoms with E-state index in [-0.39, 0.29) is 12.6 Å². The Morgan fingerprint density at radius 2 is 2.00 bits per heavy atom. The van der Waals surface area contributed by atoms with Crippen LogP contribution in [0.3, 0.4) is 0 Å². The van der Waals surface area contributed by atoms with Crippen LogP contribution >= 0.6 is 11.6 Å². The van der Waals surface area contributed by atoms with Crippen LogP contribution in [0.4, 0.5) is 5.69 Å². The van der Waals surface area contributed by atoms with Gasteiger partial charge in [-0.2, -0.15) is 0 Å². The minimum Gasteiger partial charge on any atom is -0.480 e. The lowest BCUT2D eigenvalue weighted by atomic mass is 10.0. The van der Waals surface area contributed by atoms with Crippen LogP contribution < -0.4 is 4.90 Å². The second-order valence-electron chi connectivity index (χ2n) is 5.32. The van der Waals surface area contributed by atoms with E-state index in [0.29, 0.717) is 10.9 Å². The first kappa shape index (κ1) is 15.8. The van der Waals surface area contributed by atoms with E-state index >= 15 is 0 Å². The molecule has 0 heterocycles. The van der Waals surface area contributed by atoms with Gasteiger partial charge >= 0.3 is 5.97 Å². The van der Waals surface area contributed by atoms with E-state index in [9.17, 15) is 4.79 Å². The number of hydrogen-bond donors (Lipinski definition) is 1. The quantitative estimate of drug-likeness (QED) is 0.820. The van der Waals surface area contributed by atoms with Gasteiger partial charge in [0.25, 0.3) is 0 Å². The summed E-state index contributed by atoms with van der Waals surface area (Å²) < 4.78 is 0. The third-order valence-corrected chi connectivity index (χ3v) is 3.37. The number of carboxylic acids is 1. The number of aliphatic carboxylic acids is 1. The molecule has 1 unspecified atom stereocenters. The van der Waals surface area contributed by atoms with Crippen LogP contribution in [-0.4, -0.2) is 23.7 Å². The molecule has 0 aliphatic carbocycles. The SMILES string of the molecule is CC(C)CCC(C)N(CC(=O)O)c1cccc(Cl)c1. The number of benzene rings is 1.